The minimum absolute atomic E-state index is 0. The Labute approximate surface area is 37.8 Å². The van der Waals surface area contributed by atoms with Crippen molar-refractivity contribution in [3.8, 4) is 0 Å². The van der Waals surface area contributed by atoms with Crippen molar-refractivity contribution in [2.45, 2.75) is 0 Å². The summed E-state index contributed by atoms with van der Waals surface area (Å²) in [6.07, 6.45) is 0. The van der Waals surface area contributed by atoms with E-state index in [0.717, 1.165) is 0 Å². The molecule has 0 fully saturated rings. The third kappa shape index (κ3) is 83.8. The first-order chi connectivity index (χ1) is 0. The second-order valence-corrected chi connectivity index (χ2v) is 0. The van der Waals surface area contributed by atoms with Gasteiger partial charge in [-0.25, -0.2) is 0 Å². The largest absolute Gasteiger partial charge is 1.00 e. The molecule has 4 heteroatoms. The van der Waals surface area contributed by atoms with E-state index in [1.165, 1.54) is 0 Å². The van der Waals surface area contributed by atoms with Crippen LogP contribution in [0.15, 0.2) is 0 Å². The molecule has 0 rings (SSSR count). The average molecular weight is 355 g/mol. The summed E-state index contributed by atoms with van der Waals surface area (Å²) in [4.78, 5) is 0. The monoisotopic (exact) mass is 354 g/mol. The molecule has 0 heterocycles. The minimum Gasteiger partial charge on any atom is -1.00 e. The molecule has 0 saturated carbocycles. The SMILES string of the molecule is [249Cf].[Cl-].[Cl-].[Cl-]. The first-order valence-corrected chi connectivity index (χ1v) is 0. The van der Waals surface area contributed by atoms with E-state index in [0.29, 0.717) is 0 Å². The van der Waals surface area contributed by atoms with Gasteiger partial charge in [0.15, 0.2) is 0 Å². The van der Waals surface area contributed by atoms with Gasteiger partial charge in [-0.1, -0.05) is 0 Å². The molecule has 0 aromatic rings. The second kappa shape index (κ2) is 594. The van der Waals surface area contributed by atoms with E-state index < -0.39 is 0 Å². The maximum Gasteiger partial charge on any atom is 0 e. The third-order valence-corrected chi connectivity index (χ3v) is 0. The summed E-state index contributed by atoms with van der Waals surface area (Å²) in [5.74, 6) is 0. The Balaban J connectivity index is 0. The van der Waals surface area contributed by atoms with Gasteiger partial charge >= 0.3 is 0 Å². The fraction of sp³-hybridized carbons (Fsp3) is 0. The van der Waals surface area contributed by atoms with Crippen LogP contribution in [0.5, 0.6) is 0 Å². The summed E-state index contributed by atoms with van der Waals surface area (Å²) >= 11 is 0. The van der Waals surface area contributed by atoms with E-state index in [1.807, 2.05) is 0 Å². The summed E-state index contributed by atoms with van der Waals surface area (Å²) in [6.45, 7) is 0. The van der Waals surface area contributed by atoms with Gasteiger partial charge in [0.05, 0.1) is 0 Å². The molecule has 0 aliphatic carbocycles. The molecule has 34 valence electrons. The van der Waals surface area contributed by atoms with Gasteiger partial charge < -0.3 is 37.2 Å². The van der Waals surface area contributed by atoms with Crippen LogP contribution in [0.2, 0.25) is 0 Å². The van der Waals surface area contributed by atoms with Gasteiger partial charge in [-0.3, -0.25) is 0 Å². The zero-order valence-electron chi connectivity index (χ0n) is 1.45. The predicted molar refractivity (Wildman–Crippen MR) is 0 cm³/mol. The van der Waals surface area contributed by atoms with Crippen molar-refractivity contribution in [3.05, 3.63) is 0 Å². The molecule has 0 amide bonds. The summed E-state index contributed by atoms with van der Waals surface area (Å²) < 4.78 is 0. The topological polar surface area (TPSA) is 0 Å². The van der Waals surface area contributed by atoms with Crippen LogP contribution < -0.4 is 37.2 Å². The van der Waals surface area contributed by atoms with Crippen molar-refractivity contribution in [2.24, 2.45) is 0 Å². The standard InChI is InChI=1S/Cf.3ClH/h;3*1H/p-3/i1-2;;;. The zero-order valence-corrected chi connectivity index (χ0v) is 6.35. The average Bonchev–Trinajstić information content (AvgIpc) is 0. The van der Waals surface area contributed by atoms with Crippen molar-refractivity contribution in [2.75, 3.05) is 0 Å². The first-order valence-electron chi connectivity index (χ1n) is 0. The molecule has 0 saturated heterocycles. The van der Waals surface area contributed by atoms with Gasteiger partial charge in [0.25, 0.3) is 0 Å². The van der Waals surface area contributed by atoms with E-state index in [4.69, 9.17) is 0 Å². The van der Waals surface area contributed by atoms with E-state index in [1.54, 1.807) is 0 Å². The van der Waals surface area contributed by atoms with Crippen LogP contribution >= 0.6 is 0 Å². The van der Waals surface area contributed by atoms with E-state index in [2.05, 4.69) is 0 Å². The van der Waals surface area contributed by atoms with Crippen LogP contribution in [0.3, 0.4) is 0 Å². The molecule has 4 heavy (non-hydrogen) atoms. The Bertz CT molecular complexity index is 3.25. The van der Waals surface area contributed by atoms with Crippen molar-refractivity contribution < 1.29 is 37.2 Å². The second-order valence-electron chi connectivity index (χ2n) is 0. The smallest absolute Gasteiger partial charge is 0 e. The zero-order chi connectivity index (χ0) is 0. The molecule has 0 aliphatic rings. The quantitative estimate of drug-likeness (QED) is 0.405. The van der Waals surface area contributed by atoms with Crippen LogP contribution in [-0.2, 0) is 0 Å². The van der Waals surface area contributed by atoms with Crippen LogP contribution in [-0.4, -0.2) is 0 Å². The Morgan fingerprint density at radius 1 is 0.500 bits per heavy atom. The van der Waals surface area contributed by atoms with Crippen LogP contribution in [0.4, 0.5) is 0 Å². The van der Waals surface area contributed by atoms with Crippen LogP contribution in [0.1, 0.15) is 0 Å². The molecule has 0 spiro atoms. The van der Waals surface area contributed by atoms with Crippen molar-refractivity contribution in [3.63, 3.8) is 0 Å². The Kier molecular flexibility index (Phi) is 280000. The Hall–Kier alpha value is -0.130. The summed E-state index contributed by atoms with van der Waals surface area (Å²) in [5, 5.41) is 0. The number of rotatable bonds is 0. The minimum atomic E-state index is 0. The molecule has 0 aromatic heterocycles. The van der Waals surface area contributed by atoms with Gasteiger partial charge in [-0.15, -0.1) is 0 Å². The van der Waals surface area contributed by atoms with Gasteiger partial charge in [0.2, 0.25) is 0 Å². The summed E-state index contributed by atoms with van der Waals surface area (Å²) in [5.41, 5.74) is 0. The molecule has 0 bridgehead atoms. The summed E-state index contributed by atoms with van der Waals surface area (Å²) in [7, 11) is 0. The molecular formula is CfCl3-3. The maximum absolute atomic E-state index is 0. The summed E-state index contributed by atoms with van der Waals surface area (Å²) in [6, 6.07) is 0. The molecule has 0 unspecified atom stereocenters. The Morgan fingerprint density at radius 2 is 0.500 bits per heavy atom. The maximum atomic E-state index is 0. The van der Waals surface area contributed by atoms with Crippen molar-refractivity contribution >= 4 is 0 Å². The number of hydrogen-bond donors (Lipinski definition) is 0. The molecule has 0 N–H and O–H groups in total. The van der Waals surface area contributed by atoms with Crippen molar-refractivity contribution in [1.29, 1.82) is 0 Å². The fourth-order valence-electron chi connectivity index (χ4n) is 0. The molecule has 0 atom stereocenters. The predicted octanol–water partition coefficient (Wildman–Crippen LogP) is -8.99. The van der Waals surface area contributed by atoms with E-state index >= 15 is 0 Å². The van der Waals surface area contributed by atoms with Gasteiger partial charge in [0.1, 0.15) is 0 Å². The third-order valence-electron chi connectivity index (χ3n) is 0. The normalized spacial score (nSPS) is 0. The molecule has 0 aromatic carbocycles. The first kappa shape index (κ1) is 1890. The van der Waals surface area contributed by atoms with Crippen molar-refractivity contribution in [1.82, 2.24) is 0 Å². The van der Waals surface area contributed by atoms with Gasteiger partial charge in [-0.2, -0.15) is 0 Å². The van der Waals surface area contributed by atoms with Crippen LogP contribution in [0.25, 0.3) is 0 Å². The molecular weight excluding hydrogens is 355 g/mol. The Morgan fingerprint density at radius 3 is 0.500 bits per heavy atom. The number of halogens is 3. The fourth-order valence-corrected chi connectivity index (χ4v) is 0. The number of hydrogen-bond acceptors (Lipinski definition) is 0. The van der Waals surface area contributed by atoms with Gasteiger partial charge in [-0.05, 0) is 0 Å². The molecule has 0 aliphatic heterocycles. The van der Waals surface area contributed by atoms with E-state index in [9.17, 15) is 0 Å². The van der Waals surface area contributed by atoms with Crippen LogP contribution in [0, 0.1) is 0 Å². The van der Waals surface area contributed by atoms with E-state index in [-0.39, 0.29) is 37.2 Å². The van der Waals surface area contributed by atoms with Gasteiger partial charge in [0, 0.05) is 0 Å². The molecule has 0 nitrogen and oxygen atoms in total. The molecule has 0 radical (unpaired) electrons.